The third-order valence-corrected chi connectivity index (χ3v) is 6.66. The zero-order valence-corrected chi connectivity index (χ0v) is 18.1. The highest BCUT2D eigenvalue weighted by atomic mass is 32.2. The van der Waals surface area contributed by atoms with Crippen LogP contribution in [0.25, 0.3) is 0 Å². The summed E-state index contributed by atoms with van der Waals surface area (Å²) >= 11 is 1.95. The molecule has 0 radical (unpaired) electrons. The summed E-state index contributed by atoms with van der Waals surface area (Å²) in [5, 5.41) is 27.4. The van der Waals surface area contributed by atoms with E-state index in [4.69, 9.17) is 5.11 Å². The van der Waals surface area contributed by atoms with Crippen LogP contribution < -0.4 is 0 Å². The van der Waals surface area contributed by atoms with E-state index in [0.29, 0.717) is 12.3 Å². The van der Waals surface area contributed by atoms with Crippen molar-refractivity contribution in [3.05, 3.63) is 12.2 Å². The van der Waals surface area contributed by atoms with Crippen LogP contribution in [0.5, 0.6) is 0 Å². The Kier molecular flexibility index (Phi) is 12.4. The number of aliphatic carboxylic acids is 1. The summed E-state index contributed by atoms with van der Waals surface area (Å²) in [6.07, 6.45) is 19.6. The summed E-state index contributed by atoms with van der Waals surface area (Å²) in [6, 6.07) is 0. The molecule has 1 aliphatic rings. The van der Waals surface area contributed by atoms with Crippen molar-refractivity contribution in [1.82, 2.24) is 0 Å². The van der Waals surface area contributed by atoms with Gasteiger partial charge in [-0.3, -0.25) is 0 Å². The highest BCUT2D eigenvalue weighted by Gasteiger charge is 2.34. The van der Waals surface area contributed by atoms with Crippen molar-refractivity contribution in [3.8, 4) is 0 Å². The summed E-state index contributed by atoms with van der Waals surface area (Å²) < 4.78 is 0. The maximum absolute atomic E-state index is 10.7. The number of hydrogen-bond acceptors (Lipinski definition) is 4. The van der Waals surface area contributed by atoms with Gasteiger partial charge in [0.25, 0.3) is 5.79 Å². The molecule has 0 saturated heterocycles. The lowest BCUT2D eigenvalue weighted by atomic mass is 9.86. The smallest absolute Gasteiger partial charge is 0.364 e. The van der Waals surface area contributed by atoms with Crippen molar-refractivity contribution in [2.24, 2.45) is 17.8 Å². The minimum Gasteiger partial charge on any atom is -0.477 e. The minimum atomic E-state index is -2.57. The zero-order valence-electron chi connectivity index (χ0n) is 17.2. The number of rotatable bonds is 15. The Morgan fingerprint density at radius 2 is 1.78 bits per heavy atom. The zero-order chi connectivity index (χ0) is 20.1. The molecule has 0 spiro atoms. The highest BCUT2D eigenvalue weighted by Crippen LogP contribution is 2.42. The summed E-state index contributed by atoms with van der Waals surface area (Å²) in [5.74, 6) is -0.704. The molecule has 3 atom stereocenters. The second kappa shape index (κ2) is 13.6. The molecule has 0 aliphatic heterocycles. The number of hydrogen-bond donors (Lipinski definition) is 3. The fourth-order valence-electron chi connectivity index (χ4n) is 4.26. The van der Waals surface area contributed by atoms with Gasteiger partial charge < -0.3 is 15.3 Å². The van der Waals surface area contributed by atoms with Gasteiger partial charge in [-0.15, -0.1) is 0 Å². The molecule has 0 unspecified atom stereocenters. The molecule has 1 rings (SSSR count). The van der Waals surface area contributed by atoms with Gasteiger partial charge in [-0.1, -0.05) is 51.2 Å². The minimum absolute atomic E-state index is 0.0941. The van der Waals surface area contributed by atoms with Gasteiger partial charge in [0.05, 0.1) is 0 Å². The number of unbranched alkanes of at least 4 members (excludes halogenated alkanes) is 6. The first kappa shape index (κ1) is 24.5. The summed E-state index contributed by atoms with van der Waals surface area (Å²) in [4.78, 5) is 10.7. The molecule has 1 saturated carbocycles. The van der Waals surface area contributed by atoms with Crippen LogP contribution >= 0.6 is 11.8 Å². The van der Waals surface area contributed by atoms with Crippen LogP contribution in [0.3, 0.4) is 0 Å². The average molecular weight is 401 g/mol. The monoisotopic (exact) mass is 400 g/mol. The van der Waals surface area contributed by atoms with Crippen molar-refractivity contribution in [1.29, 1.82) is 0 Å². The molecule has 5 heteroatoms. The molecular weight excluding hydrogens is 360 g/mol. The Morgan fingerprint density at radius 3 is 2.44 bits per heavy atom. The van der Waals surface area contributed by atoms with Gasteiger partial charge >= 0.3 is 5.97 Å². The van der Waals surface area contributed by atoms with E-state index < -0.39 is 11.8 Å². The first-order valence-electron chi connectivity index (χ1n) is 10.8. The van der Waals surface area contributed by atoms with Crippen LogP contribution in [0.4, 0.5) is 0 Å². The molecule has 3 N–H and O–H groups in total. The van der Waals surface area contributed by atoms with Crippen LogP contribution in [0.15, 0.2) is 12.2 Å². The average Bonchev–Trinajstić information content (AvgIpc) is 2.99. The lowest BCUT2D eigenvalue weighted by molar-refractivity contribution is -0.205. The highest BCUT2D eigenvalue weighted by molar-refractivity contribution is 7.98. The van der Waals surface area contributed by atoms with E-state index in [9.17, 15) is 15.0 Å². The summed E-state index contributed by atoms with van der Waals surface area (Å²) in [7, 11) is 0. The predicted octanol–water partition coefficient (Wildman–Crippen LogP) is 5.23. The van der Waals surface area contributed by atoms with Gasteiger partial charge in [-0.25, -0.2) is 4.79 Å². The third-order valence-electron chi connectivity index (χ3n) is 5.90. The lowest BCUT2D eigenvalue weighted by Crippen LogP contribution is -2.37. The molecule has 0 heterocycles. The van der Waals surface area contributed by atoms with Crippen molar-refractivity contribution < 1.29 is 20.1 Å². The molecule has 27 heavy (non-hydrogen) atoms. The van der Waals surface area contributed by atoms with E-state index in [1.165, 1.54) is 50.7 Å². The van der Waals surface area contributed by atoms with Crippen LogP contribution in [0, 0.1) is 17.8 Å². The van der Waals surface area contributed by atoms with E-state index in [1.54, 1.807) is 0 Å². The first-order valence-corrected chi connectivity index (χ1v) is 12.2. The number of carbonyl (C=O) groups is 1. The topological polar surface area (TPSA) is 77.8 Å². The molecule has 4 nitrogen and oxygen atoms in total. The Labute approximate surface area is 169 Å². The van der Waals surface area contributed by atoms with Crippen molar-refractivity contribution in [3.63, 3.8) is 0 Å². The number of aliphatic hydroxyl groups is 2. The van der Waals surface area contributed by atoms with Crippen molar-refractivity contribution in [2.75, 3.05) is 12.0 Å². The molecule has 0 aromatic rings. The van der Waals surface area contributed by atoms with Crippen molar-refractivity contribution >= 4 is 17.7 Å². The van der Waals surface area contributed by atoms with Crippen LogP contribution in [-0.2, 0) is 4.79 Å². The Bertz CT molecular complexity index is 436. The first-order chi connectivity index (χ1) is 12.9. The van der Waals surface area contributed by atoms with Gasteiger partial charge in [-0.2, -0.15) is 11.8 Å². The van der Waals surface area contributed by atoms with E-state index in [2.05, 4.69) is 25.3 Å². The van der Waals surface area contributed by atoms with E-state index >= 15 is 0 Å². The molecule has 0 aromatic carbocycles. The Balaban J connectivity index is 2.37. The van der Waals surface area contributed by atoms with Crippen LogP contribution in [0.2, 0.25) is 0 Å². The maximum atomic E-state index is 10.7. The van der Waals surface area contributed by atoms with E-state index in [0.717, 1.165) is 31.1 Å². The SMILES string of the molecule is CCCCCCC=C[C@@H]1[C@H](CCCCCC(O)(O)C(=O)O)CC[C@H]1CSC. The number of carboxylic acids is 1. The normalized spacial score (nSPS) is 23.3. The molecule has 1 aliphatic carbocycles. The fourth-order valence-corrected chi connectivity index (χ4v) is 5.08. The molecule has 0 aromatic heterocycles. The number of allylic oxidation sites excluding steroid dienone is 2. The second-order valence-corrected chi connectivity index (χ2v) is 9.04. The van der Waals surface area contributed by atoms with E-state index in [-0.39, 0.29) is 6.42 Å². The predicted molar refractivity (Wildman–Crippen MR) is 114 cm³/mol. The quantitative estimate of drug-likeness (QED) is 0.199. The van der Waals surface area contributed by atoms with Gasteiger partial charge in [0.15, 0.2) is 0 Å². The largest absolute Gasteiger partial charge is 0.477 e. The molecule has 0 bridgehead atoms. The Morgan fingerprint density at radius 1 is 1.07 bits per heavy atom. The van der Waals surface area contributed by atoms with E-state index in [1.807, 2.05) is 11.8 Å². The van der Waals surface area contributed by atoms with Gasteiger partial charge in [0, 0.05) is 6.42 Å². The van der Waals surface area contributed by atoms with Crippen LogP contribution in [0.1, 0.15) is 84.0 Å². The lowest BCUT2D eigenvalue weighted by Gasteiger charge is -2.22. The Hall–Kier alpha value is -0.520. The number of carboxylic acid groups (broad SMARTS) is 1. The molecular formula is C22H40O4S. The summed E-state index contributed by atoms with van der Waals surface area (Å²) in [6.45, 7) is 2.24. The van der Waals surface area contributed by atoms with Crippen molar-refractivity contribution in [2.45, 2.75) is 89.8 Å². The maximum Gasteiger partial charge on any atom is 0.364 e. The standard InChI is InChI=1S/C22H40O4S/c1-3-4-5-6-7-10-13-20-18(14-15-19(20)17-27-2)12-9-8-11-16-22(25,26)21(23)24/h10,13,18-20,25-26H,3-9,11-12,14-17H2,1-2H3,(H,23,24)/t18-,19+,20-/m1/s1. The number of thioether (sulfide) groups is 1. The van der Waals surface area contributed by atoms with Gasteiger partial charge in [0.2, 0.25) is 0 Å². The molecule has 158 valence electrons. The summed E-state index contributed by atoms with van der Waals surface area (Å²) in [5.41, 5.74) is 0. The third kappa shape index (κ3) is 9.49. The van der Waals surface area contributed by atoms with Crippen LogP contribution in [-0.4, -0.2) is 39.1 Å². The molecule has 1 fully saturated rings. The fraction of sp³-hybridized carbons (Fsp3) is 0.864. The molecule has 0 amide bonds. The van der Waals surface area contributed by atoms with Gasteiger partial charge in [-0.05, 0) is 68.3 Å². The van der Waals surface area contributed by atoms with Gasteiger partial charge in [0.1, 0.15) is 0 Å². The second-order valence-electron chi connectivity index (χ2n) is 8.13.